The van der Waals surface area contributed by atoms with Crippen molar-refractivity contribution in [1.29, 1.82) is 0 Å². The third-order valence-corrected chi connectivity index (χ3v) is 8.49. The van der Waals surface area contributed by atoms with E-state index in [4.69, 9.17) is 0 Å². The molecule has 5 rings (SSSR count). The number of likely N-dealkylation sites (tertiary alicyclic amines) is 1. The standard InChI is InChI=1S/C19H20FN3O3S/c1-22-9-13(8-21-22)12-3-4-16-14(7-12)15-10-23(11-17(15)27(16,25)26)18(24)19(20)5-2-6-19/h3-4,7-9,15,17H,2,5-6,10-11H2,1H3/t15-,17+/m0/s1. The van der Waals surface area contributed by atoms with E-state index in [1.807, 2.05) is 19.3 Å². The third-order valence-electron chi connectivity index (χ3n) is 6.24. The molecule has 27 heavy (non-hydrogen) atoms. The van der Waals surface area contributed by atoms with Gasteiger partial charge in [-0.2, -0.15) is 5.10 Å². The van der Waals surface area contributed by atoms with E-state index in [0.717, 1.165) is 16.7 Å². The molecule has 0 radical (unpaired) electrons. The first-order valence-corrected chi connectivity index (χ1v) is 10.7. The number of nitrogens with zero attached hydrogens (tertiary/aromatic N) is 3. The van der Waals surface area contributed by atoms with Crippen LogP contribution < -0.4 is 0 Å². The Morgan fingerprint density at radius 2 is 2.04 bits per heavy atom. The highest BCUT2D eigenvalue weighted by Gasteiger charge is 2.55. The van der Waals surface area contributed by atoms with Gasteiger partial charge >= 0.3 is 0 Å². The first-order chi connectivity index (χ1) is 12.8. The molecule has 3 aliphatic rings. The van der Waals surface area contributed by atoms with E-state index in [9.17, 15) is 17.6 Å². The SMILES string of the molecule is Cn1cc(-c2ccc3c(c2)[C@@H]2CN(C(=O)C4(F)CCC4)C[C@H]2S3(=O)=O)cn1. The number of rotatable bonds is 2. The largest absolute Gasteiger partial charge is 0.338 e. The molecule has 2 aromatic rings. The van der Waals surface area contributed by atoms with Crippen LogP contribution in [0, 0.1) is 0 Å². The second kappa shape index (κ2) is 5.41. The van der Waals surface area contributed by atoms with Crippen LogP contribution in [0.3, 0.4) is 0 Å². The van der Waals surface area contributed by atoms with Gasteiger partial charge in [0.1, 0.15) is 0 Å². The number of aromatic nitrogens is 2. The van der Waals surface area contributed by atoms with Gasteiger partial charge in [-0.25, -0.2) is 12.8 Å². The van der Waals surface area contributed by atoms with Gasteiger partial charge in [-0.15, -0.1) is 0 Å². The van der Waals surface area contributed by atoms with Gasteiger partial charge in [0.05, 0.1) is 16.3 Å². The zero-order chi connectivity index (χ0) is 19.0. The van der Waals surface area contributed by atoms with Crippen molar-refractivity contribution in [1.82, 2.24) is 14.7 Å². The lowest BCUT2D eigenvalue weighted by Crippen LogP contribution is -2.50. The zero-order valence-corrected chi connectivity index (χ0v) is 15.7. The Morgan fingerprint density at radius 1 is 1.26 bits per heavy atom. The molecule has 0 N–H and O–H groups in total. The number of carbonyl (C=O) groups is 1. The second-order valence-electron chi connectivity index (χ2n) is 7.87. The normalized spacial score (nSPS) is 27.1. The van der Waals surface area contributed by atoms with Crippen molar-refractivity contribution >= 4 is 15.7 Å². The number of halogens is 1. The van der Waals surface area contributed by atoms with Crippen molar-refractivity contribution in [2.24, 2.45) is 7.05 Å². The molecule has 3 heterocycles. The van der Waals surface area contributed by atoms with Crippen molar-refractivity contribution in [2.45, 2.75) is 41.0 Å². The number of amides is 1. The van der Waals surface area contributed by atoms with E-state index < -0.39 is 26.7 Å². The van der Waals surface area contributed by atoms with E-state index in [1.54, 1.807) is 23.0 Å². The molecule has 0 bridgehead atoms. The molecule has 1 saturated heterocycles. The predicted octanol–water partition coefficient (Wildman–Crippen LogP) is 2.06. The molecule has 1 saturated carbocycles. The summed E-state index contributed by atoms with van der Waals surface area (Å²) in [5.74, 6) is -0.836. The van der Waals surface area contributed by atoms with Crippen LogP contribution in [-0.2, 0) is 21.7 Å². The molecular weight excluding hydrogens is 369 g/mol. The molecular formula is C19H20FN3O3S. The van der Waals surface area contributed by atoms with Crippen LogP contribution >= 0.6 is 0 Å². The van der Waals surface area contributed by atoms with Gasteiger partial charge in [0, 0.05) is 37.8 Å². The highest BCUT2D eigenvalue weighted by Crippen LogP contribution is 2.47. The van der Waals surface area contributed by atoms with Gasteiger partial charge in [-0.05, 0) is 42.5 Å². The highest BCUT2D eigenvalue weighted by atomic mass is 32.2. The molecule has 0 spiro atoms. The summed E-state index contributed by atoms with van der Waals surface area (Å²) in [5.41, 5.74) is 0.744. The van der Waals surface area contributed by atoms with Crippen LogP contribution in [0.2, 0.25) is 0 Å². The summed E-state index contributed by atoms with van der Waals surface area (Å²) in [6.45, 7) is 0.340. The molecule has 1 aliphatic carbocycles. The monoisotopic (exact) mass is 389 g/mol. The number of benzene rings is 1. The molecule has 6 nitrogen and oxygen atoms in total. The molecule has 1 aromatic carbocycles. The number of carbonyl (C=O) groups excluding carboxylic acids is 1. The lowest BCUT2D eigenvalue weighted by molar-refractivity contribution is -0.148. The number of hydrogen-bond acceptors (Lipinski definition) is 4. The van der Waals surface area contributed by atoms with Crippen LogP contribution in [0.25, 0.3) is 11.1 Å². The minimum absolute atomic E-state index is 0.0778. The minimum Gasteiger partial charge on any atom is -0.338 e. The highest BCUT2D eigenvalue weighted by molar-refractivity contribution is 7.92. The Kier molecular flexibility index (Phi) is 3.39. The van der Waals surface area contributed by atoms with Gasteiger partial charge in [-0.3, -0.25) is 9.48 Å². The minimum atomic E-state index is -3.51. The molecule has 1 amide bonds. The van der Waals surface area contributed by atoms with Crippen molar-refractivity contribution in [2.75, 3.05) is 13.1 Å². The number of hydrogen-bond donors (Lipinski definition) is 0. The van der Waals surface area contributed by atoms with Gasteiger partial charge in [0.15, 0.2) is 15.5 Å². The fraction of sp³-hybridized carbons (Fsp3) is 0.474. The van der Waals surface area contributed by atoms with E-state index in [2.05, 4.69) is 5.10 Å². The third kappa shape index (κ3) is 2.32. The average Bonchev–Trinajstić information content (AvgIpc) is 3.29. The summed E-state index contributed by atoms with van der Waals surface area (Å²) < 4.78 is 42.2. The maximum atomic E-state index is 14.6. The van der Waals surface area contributed by atoms with E-state index in [0.29, 0.717) is 11.3 Å². The Morgan fingerprint density at radius 3 is 2.67 bits per heavy atom. The topological polar surface area (TPSA) is 72.3 Å². The summed E-state index contributed by atoms with van der Waals surface area (Å²) in [4.78, 5) is 14.3. The molecule has 2 fully saturated rings. The van der Waals surface area contributed by atoms with Crippen LogP contribution in [0.5, 0.6) is 0 Å². The lowest BCUT2D eigenvalue weighted by Gasteiger charge is -2.35. The quantitative estimate of drug-likeness (QED) is 0.788. The smallest absolute Gasteiger partial charge is 0.260 e. The predicted molar refractivity (Wildman–Crippen MR) is 96.6 cm³/mol. The summed E-state index contributed by atoms with van der Waals surface area (Å²) in [6, 6.07) is 5.33. The Labute approximate surface area is 156 Å². The fourth-order valence-corrected chi connectivity index (χ4v) is 6.71. The summed E-state index contributed by atoms with van der Waals surface area (Å²) in [6.07, 6.45) is 4.80. The van der Waals surface area contributed by atoms with E-state index in [-0.39, 0.29) is 31.8 Å². The molecule has 1 aromatic heterocycles. The zero-order valence-electron chi connectivity index (χ0n) is 14.9. The summed E-state index contributed by atoms with van der Waals surface area (Å²) in [7, 11) is -1.69. The van der Waals surface area contributed by atoms with Crippen molar-refractivity contribution in [3.8, 4) is 11.1 Å². The number of sulfone groups is 1. The molecule has 8 heteroatoms. The summed E-state index contributed by atoms with van der Waals surface area (Å²) >= 11 is 0. The van der Waals surface area contributed by atoms with E-state index in [1.165, 1.54) is 4.90 Å². The van der Waals surface area contributed by atoms with Crippen molar-refractivity contribution in [3.05, 3.63) is 36.2 Å². The van der Waals surface area contributed by atoms with Crippen molar-refractivity contribution < 1.29 is 17.6 Å². The molecule has 2 aliphatic heterocycles. The first-order valence-electron chi connectivity index (χ1n) is 9.15. The number of alkyl halides is 1. The number of fused-ring (bicyclic) bond motifs is 3. The molecule has 142 valence electrons. The summed E-state index contributed by atoms with van der Waals surface area (Å²) in [5, 5.41) is 3.49. The van der Waals surface area contributed by atoms with Gasteiger partial charge in [-0.1, -0.05) is 6.07 Å². The maximum Gasteiger partial charge on any atom is 0.260 e. The first kappa shape index (κ1) is 16.9. The van der Waals surface area contributed by atoms with E-state index >= 15 is 0 Å². The maximum absolute atomic E-state index is 14.6. The Balaban J connectivity index is 1.51. The Bertz CT molecular complexity index is 1060. The van der Waals surface area contributed by atoms with Gasteiger partial charge in [0.25, 0.3) is 5.91 Å². The van der Waals surface area contributed by atoms with Gasteiger partial charge in [0.2, 0.25) is 0 Å². The number of aryl methyl sites for hydroxylation is 1. The fourth-order valence-electron chi connectivity index (χ4n) is 4.55. The van der Waals surface area contributed by atoms with Gasteiger partial charge < -0.3 is 4.90 Å². The van der Waals surface area contributed by atoms with Crippen LogP contribution in [0.4, 0.5) is 4.39 Å². The van der Waals surface area contributed by atoms with Crippen molar-refractivity contribution in [3.63, 3.8) is 0 Å². The van der Waals surface area contributed by atoms with Crippen LogP contribution in [0.1, 0.15) is 30.7 Å². The van der Waals surface area contributed by atoms with Crippen LogP contribution in [-0.4, -0.2) is 53.0 Å². The molecule has 2 atom stereocenters. The molecule has 0 unspecified atom stereocenters. The lowest BCUT2D eigenvalue weighted by atomic mass is 9.81. The average molecular weight is 389 g/mol. The Hall–Kier alpha value is -2.22. The van der Waals surface area contributed by atoms with Crippen LogP contribution in [0.15, 0.2) is 35.5 Å². The second-order valence-corrected chi connectivity index (χ2v) is 10.0.